The minimum absolute atomic E-state index is 0.132. The third kappa shape index (κ3) is 7.01. The van der Waals surface area contributed by atoms with Crippen molar-refractivity contribution >= 4 is 21.1 Å². The van der Waals surface area contributed by atoms with Crippen LogP contribution in [-0.2, 0) is 23.6 Å². The van der Waals surface area contributed by atoms with Gasteiger partial charge in [0.15, 0.2) is 0 Å². The Labute approximate surface area is 182 Å². The average Bonchev–Trinajstić information content (AvgIpc) is 2.77. The second-order valence-corrected chi connectivity index (χ2v) is 8.63. The first-order valence-corrected chi connectivity index (χ1v) is 12.3. The van der Waals surface area contributed by atoms with E-state index in [0.29, 0.717) is 49.3 Å². The second-order valence-electron chi connectivity index (χ2n) is 6.65. The number of pyridine rings is 1. The Morgan fingerprint density at radius 1 is 1.19 bits per heavy atom. The van der Waals surface area contributed by atoms with Crippen LogP contribution in [-0.4, -0.2) is 52.6 Å². The highest BCUT2D eigenvalue weighted by atomic mass is 32.2. The number of piperidine rings is 1. The SMILES string of the molecule is CC.CC.Cn1c(=O)c(C(F)F)cc2cnc(CNC3CCN(S(C)(=O)=O)CC3)nc21. The molecule has 0 spiro atoms. The van der Waals surface area contributed by atoms with Gasteiger partial charge in [0.25, 0.3) is 12.0 Å². The number of hydrogen-bond donors (Lipinski definition) is 1. The van der Waals surface area contributed by atoms with Gasteiger partial charge >= 0.3 is 0 Å². The molecular formula is C20H33F2N5O3S. The number of alkyl halides is 2. The molecule has 1 N–H and O–H groups in total. The molecule has 1 saturated heterocycles. The molecule has 0 aromatic carbocycles. The molecule has 2 aromatic heterocycles. The van der Waals surface area contributed by atoms with Crippen LogP contribution in [0.25, 0.3) is 11.0 Å². The topological polar surface area (TPSA) is 97.2 Å². The largest absolute Gasteiger partial charge is 0.307 e. The molecule has 1 fully saturated rings. The monoisotopic (exact) mass is 461 g/mol. The summed E-state index contributed by atoms with van der Waals surface area (Å²) in [5.41, 5.74) is -1.05. The highest BCUT2D eigenvalue weighted by Gasteiger charge is 2.24. The van der Waals surface area contributed by atoms with Crippen molar-refractivity contribution in [1.29, 1.82) is 0 Å². The number of fused-ring (bicyclic) bond motifs is 1. The molecule has 3 rings (SSSR count). The van der Waals surface area contributed by atoms with Crippen molar-refractivity contribution in [2.24, 2.45) is 7.05 Å². The van der Waals surface area contributed by atoms with E-state index in [9.17, 15) is 22.0 Å². The van der Waals surface area contributed by atoms with Crippen LogP contribution in [0.2, 0.25) is 0 Å². The quantitative estimate of drug-likeness (QED) is 0.735. The zero-order chi connectivity index (χ0) is 23.8. The molecule has 1 aliphatic rings. The molecule has 0 atom stereocenters. The zero-order valence-electron chi connectivity index (χ0n) is 19.0. The van der Waals surface area contributed by atoms with Gasteiger partial charge in [-0.3, -0.25) is 9.36 Å². The summed E-state index contributed by atoms with van der Waals surface area (Å²) >= 11 is 0. The van der Waals surface area contributed by atoms with Crippen LogP contribution in [0.1, 0.15) is 58.3 Å². The molecule has 0 amide bonds. The van der Waals surface area contributed by atoms with Crippen LogP contribution in [0.15, 0.2) is 17.1 Å². The van der Waals surface area contributed by atoms with Gasteiger partial charge in [-0.05, 0) is 18.9 Å². The van der Waals surface area contributed by atoms with Crippen molar-refractivity contribution in [2.75, 3.05) is 19.3 Å². The number of aryl methyl sites for hydroxylation is 1. The number of hydrogen-bond acceptors (Lipinski definition) is 6. The second kappa shape index (κ2) is 12.2. The summed E-state index contributed by atoms with van der Waals surface area (Å²) in [7, 11) is -1.76. The van der Waals surface area contributed by atoms with E-state index in [4.69, 9.17) is 0 Å². The predicted octanol–water partition coefficient (Wildman–Crippen LogP) is 2.83. The molecule has 3 heterocycles. The van der Waals surface area contributed by atoms with Gasteiger partial charge in [-0.15, -0.1) is 0 Å². The van der Waals surface area contributed by atoms with Gasteiger partial charge in [-0.2, -0.15) is 0 Å². The molecule has 31 heavy (non-hydrogen) atoms. The first-order valence-electron chi connectivity index (χ1n) is 10.5. The number of nitrogens with one attached hydrogen (secondary N) is 1. The number of rotatable bonds is 5. The number of sulfonamides is 1. The molecule has 0 saturated carbocycles. The smallest absolute Gasteiger partial charge is 0.269 e. The van der Waals surface area contributed by atoms with Crippen LogP contribution < -0.4 is 10.9 Å². The van der Waals surface area contributed by atoms with E-state index in [-0.39, 0.29) is 6.04 Å². The van der Waals surface area contributed by atoms with E-state index >= 15 is 0 Å². The molecule has 8 nitrogen and oxygen atoms in total. The Morgan fingerprint density at radius 3 is 2.29 bits per heavy atom. The first-order chi connectivity index (χ1) is 14.7. The van der Waals surface area contributed by atoms with Crippen LogP contribution in [0, 0.1) is 0 Å². The summed E-state index contributed by atoms with van der Waals surface area (Å²) in [6.07, 6.45) is 1.13. The van der Waals surface area contributed by atoms with E-state index in [0.717, 1.165) is 10.6 Å². The maximum Gasteiger partial charge on any atom is 0.269 e. The lowest BCUT2D eigenvalue weighted by Crippen LogP contribution is -2.44. The van der Waals surface area contributed by atoms with Crippen molar-refractivity contribution in [3.05, 3.63) is 34.0 Å². The van der Waals surface area contributed by atoms with Gasteiger partial charge in [0, 0.05) is 37.8 Å². The standard InChI is InChI=1S/C16H21F2N5O3S.2C2H6/c1-22-15-10(7-12(14(17)18)16(22)24)8-20-13(21-15)9-19-11-3-5-23(6-4-11)27(2,25)26;2*1-2/h7-8,11,14,19H,3-6,9H2,1-2H3;2*1-2H3. The summed E-state index contributed by atoms with van der Waals surface area (Å²) in [5.74, 6) is 0.438. The van der Waals surface area contributed by atoms with Crippen molar-refractivity contribution < 1.29 is 17.2 Å². The van der Waals surface area contributed by atoms with E-state index in [1.54, 1.807) is 0 Å². The minimum Gasteiger partial charge on any atom is -0.307 e. The fourth-order valence-electron chi connectivity index (χ4n) is 3.18. The van der Waals surface area contributed by atoms with Crippen molar-refractivity contribution in [1.82, 2.24) is 24.2 Å². The van der Waals surface area contributed by atoms with Gasteiger partial charge in [0.2, 0.25) is 10.0 Å². The molecule has 0 aliphatic carbocycles. The third-order valence-corrected chi connectivity index (χ3v) is 6.04. The Kier molecular flexibility index (Phi) is 10.6. The Hall–Kier alpha value is -1.98. The number of halogens is 2. The van der Waals surface area contributed by atoms with E-state index in [1.807, 2.05) is 27.7 Å². The molecule has 11 heteroatoms. The Morgan fingerprint density at radius 2 is 1.77 bits per heavy atom. The van der Waals surface area contributed by atoms with Gasteiger partial charge in [0.1, 0.15) is 11.5 Å². The summed E-state index contributed by atoms with van der Waals surface area (Å²) in [5, 5.41) is 3.66. The van der Waals surface area contributed by atoms with E-state index < -0.39 is 27.6 Å². The van der Waals surface area contributed by atoms with Gasteiger partial charge < -0.3 is 5.32 Å². The lowest BCUT2D eigenvalue weighted by molar-refractivity contribution is 0.149. The molecular weight excluding hydrogens is 428 g/mol. The number of nitrogens with zero attached hydrogens (tertiary/aromatic N) is 4. The van der Waals surface area contributed by atoms with E-state index in [2.05, 4.69) is 15.3 Å². The third-order valence-electron chi connectivity index (χ3n) is 4.73. The van der Waals surface area contributed by atoms with Crippen molar-refractivity contribution in [3.63, 3.8) is 0 Å². The van der Waals surface area contributed by atoms with Crippen LogP contribution in [0.4, 0.5) is 8.78 Å². The molecule has 0 bridgehead atoms. The van der Waals surface area contributed by atoms with E-state index in [1.165, 1.54) is 23.8 Å². The predicted molar refractivity (Wildman–Crippen MR) is 119 cm³/mol. The molecule has 0 radical (unpaired) electrons. The maximum atomic E-state index is 12.9. The summed E-state index contributed by atoms with van der Waals surface area (Å²) in [6.45, 7) is 9.25. The van der Waals surface area contributed by atoms with Crippen LogP contribution >= 0.6 is 0 Å². The molecule has 2 aromatic rings. The van der Waals surface area contributed by atoms with Gasteiger partial charge in [-0.1, -0.05) is 27.7 Å². The minimum atomic E-state index is -3.16. The van der Waals surface area contributed by atoms with Gasteiger partial charge in [0.05, 0.1) is 18.4 Å². The summed E-state index contributed by atoms with van der Waals surface area (Å²) in [4.78, 5) is 20.5. The van der Waals surface area contributed by atoms with Crippen LogP contribution in [0.3, 0.4) is 0 Å². The highest BCUT2D eigenvalue weighted by molar-refractivity contribution is 7.88. The molecule has 176 valence electrons. The fourth-order valence-corrected chi connectivity index (χ4v) is 4.05. The summed E-state index contributed by atoms with van der Waals surface area (Å²) < 4.78 is 51.5. The van der Waals surface area contributed by atoms with Gasteiger partial charge in [-0.25, -0.2) is 31.5 Å². The number of aromatic nitrogens is 3. The lowest BCUT2D eigenvalue weighted by Gasteiger charge is -2.30. The van der Waals surface area contributed by atoms with Crippen molar-refractivity contribution in [2.45, 2.75) is 59.5 Å². The maximum absolute atomic E-state index is 12.9. The summed E-state index contributed by atoms with van der Waals surface area (Å²) in [6, 6.07) is 1.26. The normalized spacial score (nSPS) is 15.3. The highest BCUT2D eigenvalue weighted by Crippen LogP contribution is 2.19. The lowest BCUT2D eigenvalue weighted by atomic mass is 10.1. The zero-order valence-corrected chi connectivity index (χ0v) is 19.8. The molecule has 0 unspecified atom stereocenters. The fraction of sp³-hybridized carbons (Fsp3) is 0.650. The van der Waals surface area contributed by atoms with Crippen LogP contribution in [0.5, 0.6) is 0 Å². The first kappa shape index (κ1) is 27.1. The average molecular weight is 462 g/mol. The molecule has 1 aliphatic heterocycles. The Balaban J connectivity index is 0.00000113. The Bertz CT molecular complexity index is 1000. The van der Waals surface area contributed by atoms with Crippen molar-refractivity contribution in [3.8, 4) is 0 Å².